The molecule has 2 aromatic carbocycles. The molecule has 0 N–H and O–H groups in total. The predicted octanol–water partition coefficient (Wildman–Crippen LogP) is 5.03. The minimum atomic E-state index is -0.184. The van der Waals surface area contributed by atoms with Crippen LogP contribution in [0.4, 0.5) is 4.39 Å². The van der Waals surface area contributed by atoms with Gasteiger partial charge in [-0.3, -0.25) is 0 Å². The SMILES string of the molecule is Cc1ccc2c(c1)cc(C1CCOCC1)n2Cc1ccc(F)cc1. The van der Waals surface area contributed by atoms with Crippen LogP contribution in [0.25, 0.3) is 10.9 Å². The molecule has 3 heteroatoms. The second-order valence-electron chi connectivity index (χ2n) is 6.73. The number of hydrogen-bond donors (Lipinski definition) is 0. The molecule has 0 amide bonds. The van der Waals surface area contributed by atoms with Crippen molar-refractivity contribution < 1.29 is 9.13 Å². The molecule has 1 aromatic heterocycles. The van der Waals surface area contributed by atoms with Gasteiger partial charge in [0.15, 0.2) is 0 Å². The zero-order chi connectivity index (χ0) is 16.5. The number of fused-ring (bicyclic) bond motifs is 1. The molecule has 0 unspecified atom stereocenters. The molecule has 0 radical (unpaired) electrons. The highest BCUT2D eigenvalue weighted by atomic mass is 19.1. The molecule has 0 aliphatic carbocycles. The lowest BCUT2D eigenvalue weighted by atomic mass is 9.96. The van der Waals surface area contributed by atoms with E-state index in [1.807, 2.05) is 12.1 Å². The quantitative estimate of drug-likeness (QED) is 0.659. The van der Waals surface area contributed by atoms with Gasteiger partial charge in [-0.2, -0.15) is 0 Å². The first kappa shape index (κ1) is 15.4. The molecule has 2 heterocycles. The van der Waals surface area contributed by atoms with Crippen LogP contribution in [0.3, 0.4) is 0 Å². The Kier molecular flexibility index (Phi) is 4.11. The third kappa shape index (κ3) is 2.96. The van der Waals surface area contributed by atoms with Crippen LogP contribution >= 0.6 is 0 Å². The molecule has 0 atom stereocenters. The Morgan fingerprint density at radius 2 is 1.79 bits per heavy atom. The molecule has 3 aromatic rings. The fraction of sp³-hybridized carbons (Fsp3) is 0.333. The minimum absolute atomic E-state index is 0.184. The second-order valence-corrected chi connectivity index (χ2v) is 6.73. The van der Waals surface area contributed by atoms with Crippen molar-refractivity contribution in [2.45, 2.75) is 32.2 Å². The lowest BCUT2D eigenvalue weighted by Gasteiger charge is -2.24. The number of hydrogen-bond acceptors (Lipinski definition) is 1. The van der Waals surface area contributed by atoms with E-state index in [1.165, 1.54) is 22.2 Å². The normalized spacial score (nSPS) is 15.9. The molecule has 2 nitrogen and oxygen atoms in total. The molecule has 1 saturated heterocycles. The number of nitrogens with zero attached hydrogens (tertiary/aromatic N) is 1. The van der Waals surface area contributed by atoms with Gasteiger partial charge in [0, 0.05) is 42.3 Å². The number of halogens is 1. The zero-order valence-corrected chi connectivity index (χ0v) is 14.0. The molecular weight excluding hydrogens is 301 g/mol. The highest BCUT2D eigenvalue weighted by Gasteiger charge is 2.21. The van der Waals surface area contributed by atoms with Gasteiger partial charge in [0.05, 0.1) is 0 Å². The van der Waals surface area contributed by atoms with Crippen LogP contribution in [-0.2, 0) is 11.3 Å². The Hall–Kier alpha value is -2.13. The van der Waals surface area contributed by atoms with Gasteiger partial charge < -0.3 is 9.30 Å². The molecule has 0 bridgehead atoms. The Labute approximate surface area is 141 Å². The van der Waals surface area contributed by atoms with Crippen molar-refractivity contribution in [1.82, 2.24) is 4.57 Å². The summed E-state index contributed by atoms with van der Waals surface area (Å²) in [6.45, 7) is 4.58. The van der Waals surface area contributed by atoms with E-state index in [4.69, 9.17) is 4.74 Å². The average Bonchev–Trinajstić information content (AvgIpc) is 2.95. The zero-order valence-electron chi connectivity index (χ0n) is 14.0. The predicted molar refractivity (Wildman–Crippen MR) is 95.0 cm³/mol. The highest BCUT2D eigenvalue weighted by molar-refractivity contribution is 5.82. The van der Waals surface area contributed by atoms with E-state index in [9.17, 15) is 4.39 Å². The Bertz CT molecular complexity index is 844. The highest BCUT2D eigenvalue weighted by Crippen LogP contribution is 2.33. The fourth-order valence-corrected chi connectivity index (χ4v) is 3.69. The van der Waals surface area contributed by atoms with Gasteiger partial charge in [-0.25, -0.2) is 4.39 Å². The Morgan fingerprint density at radius 1 is 1.04 bits per heavy atom. The van der Waals surface area contributed by atoms with E-state index < -0.39 is 0 Å². The van der Waals surface area contributed by atoms with Crippen molar-refractivity contribution in [1.29, 1.82) is 0 Å². The van der Waals surface area contributed by atoms with Gasteiger partial charge in [0.25, 0.3) is 0 Å². The summed E-state index contributed by atoms with van der Waals surface area (Å²) in [7, 11) is 0. The molecule has 1 fully saturated rings. The third-order valence-corrected chi connectivity index (χ3v) is 4.98. The van der Waals surface area contributed by atoms with Crippen LogP contribution in [0, 0.1) is 12.7 Å². The van der Waals surface area contributed by atoms with E-state index >= 15 is 0 Å². The summed E-state index contributed by atoms with van der Waals surface area (Å²) in [5.41, 5.74) is 5.04. The standard InChI is InChI=1S/C21H22FNO/c1-15-2-7-20-18(12-15)13-21(17-8-10-24-11-9-17)23(20)14-16-3-5-19(22)6-4-16/h2-7,12-13,17H,8-11,14H2,1H3. The van der Waals surface area contributed by atoms with Crippen molar-refractivity contribution in [2.75, 3.05) is 13.2 Å². The summed E-state index contributed by atoms with van der Waals surface area (Å²) in [5.74, 6) is 0.350. The van der Waals surface area contributed by atoms with Crippen LogP contribution in [0.1, 0.15) is 35.6 Å². The molecule has 124 valence electrons. The first-order valence-electron chi connectivity index (χ1n) is 8.63. The first-order chi connectivity index (χ1) is 11.7. The number of aromatic nitrogens is 1. The molecule has 24 heavy (non-hydrogen) atoms. The minimum Gasteiger partial charge on any atom is -0.381 e. The summed E-state index contributed by atoms with van der Waals surface area (Å²) in [6.07, 6.45) is 2.14. The summed E-state index contributed by atoms with van der Waals surface area (Å²) < 4.78 is 21.1. The van der Waals surface area contributed by atoms with Crippen LogP contribution < -0.4 is 0 Å². The lowest BCUT2D eigenvalue weighted by Crippen LogP contribution is -2.17. The van der Waals surface area contributed by atoms with Crippen LogP contribution in [0.2, 0.25) is 0 Å². The molecule has 4 rings (SSSR count). The first-order valence-corrected chi connectivity index (χ1v) is 8.63. The van der Waals surface area contributed by atoms with Crippen molar-refractivity contribution in [3.05, 3.63) is 71.2 Å². The van der Waals surface area contributed by atoms with Crippen molar-refractivity contribution in [3.8, 4) is 0 Å². The number of rotatable bonds is 3. The fourth-order valence-electron chi connectivity index (χ4n) is 3.69. The largest absolute Gasteiger partial charge is 0.381 e. The smallest absolute Gasteiger partial charge is 0.123 e. The summed E-state index contributed by atoms with van der Waals surface area (Å²) in [5, 5.41) is 1.29. The molecule has 1 aliphatic rings. The van der Waals surface area contributed by atoms with Crippen molar-refractivity contribution in [3.63, 3.8) is 0 Å². The Morgan fingerprint density at radius 3 is 2.54 bits per heavy atom. The van der Waals surface area contributed by atoms with Gasteiger partial charge in [-0.15, -0.1) is 0 Å². The van der Waals surface area contributed by atoms with E-state index in [0.717, 1.165) is 38.2 Å². The van der Waals surface area contributed by atoms with Crippen LogP contribution in [0.5, 0.6) is 0 Å². The average molecular weight is 323 g/mol. The number of ether oxygens (including phenoxy) is 1. The maximum atomic E-state index is 13.2. The van der Waals surface area contributed by atoms with Gasteiger partial charge in [0.2, 0.25) is 0 Å². The van der Waals surface area contributed by atoms with Crippen LogP contribution in [0.15, 0.2) is 48.5 Å². The monoisotopic (exact) mass is 323 g/mol. The molecule has 1 aliphatic heterocycles. The third-order valence-electron chi connectivity index (χ3n) is 4.98. The molecule has 0 saturated carbocycles. The van der Waals surface area contributed by atoms with E-state index in [0.29, 0.717) is 5.92 Å². The maximum Gasteiger partial charge on any atom is 0.123 e. The van der Waals surface area contributed by atoms with Gasteiger partial charge in [-0.1, -0.05) is 23.8 Å². The number of aryl methyl sites for hydroxylation is 1. The van der Waals surface area contributed by atoms with Crippen molar-refractivity contribution in [2.24, 2.45) is 0 Å². The van der Waals surface area contributed by atoms with Gasteiger partial charge >= 0.3 is 0 Å². The van der Waals surface area contributed by atoms with E-state index in [1.54, 1.807) is 12.1 Å². The maximum absolute atomic E-state index is 13.2. The summed E-state index contributed by atoms with van der Waals surface area (Å²) in [4.78, 5) is 0. The Balaban J connectivity index is 1.79. The summed E-state index contributed by atoms with van der Waals surface area (Å²) >= 11 is 0. The van der Waals surface area contributed by atoms with Gasteiger partial charge in [-0.05, 0) is 55.7 Å². The second kappa shape index (κ2) is 6.40. The molecule has 0 spiro atoms. The number of benzene rings is 2. The summed E-state index contributed by atoms with van der Waals surface area (Å²) in [6, 6.07) is 15.8. The molecular formula is C21H22FNO. The van der Waals surface area contributed by atoms with Crippen LogP contribution in [-0.4, -0.2) is 17.8 Å². The lowest BCUT2D eigenvalue weighted by molar-refractivity contribution is 0.0839. The van der Waals surface area contributed by atoms with E-state index in [2.05, 4.69) is 35.8 Å². The van der Waals surface area contributed by atoms with E-state index in [-0.39, 0.29) is 5.82 Å². The van der Waals surface area contributed by atoms with Crippen molar-refractivity contribution >= 4 is 10.9 Å². The van der Waals surface area contributed by atoms with Gasteiger partial charge in [0.1, 0.15) is 5.82 Å². The topological polar surface area (TPSA) is 14.2 Å².